The van der Waals surface area contributed by atoms with Gasteiger partial charge in [-0.15, -0.1) is 11.3 Å². The molecule has 156 valence electrons. The molecule has 0 bridgehead atoms. The quantitative estimate of drug-likeness (QED) is 0.371. The highest BCUT2D eigenvalue weighted by molar-refractivity contribution is 7.14. The van der Waals surface area contributed by atoms with Crippen molar-refractivity contribution >= 4 is 39.9 Å². The number of hydrogen-bond donors (Lipinski definition) is 1. The molecule has 1 amide bonds. The summed E-state index contributed by atoms with van der Waals surface area (Å²) in [5.74, 6) is -0.515. The van der Waals surface area contributed by atoms with E-state index in [0.717, 1.165) is 32.3 Å². The molecule has 0 saturated heterocycles. The Morgan fingerprint density at radius 1 is 0.935 bits per heavy atom. The molecule has 1 aromatic heterocycles. The van der Waals surface area contributed by atoms with Crippen LogP contribution < -0.4 is 5.32 Å². The second-order valence-corrected chi connectivity index (χ2v) is 7.89. The van der Waals surface area contributed by atoms with Gasteiger partial charge in [-0.05, 0) is 28.8 Å². The Balaban J connectivity index is 1.66. The van der Waals surface area contributed by atoms with E-state index in [1.807, 2.05) is 60.7 Å². The van der Waals surface area contributed by atoms with E-state index in [0.29, 0.717) is 11.3 Å². The zero-order valence-corrected chi connectivity index (χ0v) is 18.0. The molecule has 1 heterocycles. The van der Waals surface area contributed by atoms with E-state index in [1.165, 1.54) is 18.4 Å². The third kappa shape index (κ3) is 4.29. The van der Waals surface area contributed by atoms with Gasteiger partial charge in [0.15, 0.2) is 0 Å². The van der Waals surface area contributed by atoms with Gasteiger partial charge in [0.05, 0.1) is 17.7 Å². The van der Waals surface area contributed by atoms with Gasteiger partial charge in [-0.1, -0.05) is 66.7 Å². The van der Waals surface area contributed by atoms with Crippen LogP contribution in [0.5, 0.6) is 0 Å². The van der Waals surface area contributed by atoms with Crippen molar-refractivity contribution in [1.29, 1.82) is 0 Å². The topological polar surface area (TPSA) is 64.6 Å². The predicted molar refractivity (Wildman–Crippen MR) is 124 cm³/mol. The molecule has 1 N–H and O–H groups in total. The van der Waals surface area contributed by atoms with Gasteiger partial charge < -0.3 is 9.47 Å². The summed E-state index contributed by atoms with van der Waals surface area (Å²) in [5.41, 5.74) is 3.63. The number of thiophene rings is 1. The average Bonchev–Trinajstić information content (AvgIpc) is 3.21. The molecule has 4 aromatic rings. The maximum atomic E-state index is 12.6. The van der Waals surface area contributed by atoms with Crippen LogP contribution in [-0.2, 0) is 16.1 Å². The molecule has 31 heavy (non-hydrogen) atoms. The second-order valence-electron chi connectivity index (χ2n) is 7.01. The number of anilines is 1. The number of hydrogen-bond acceptors (Lipinski definition) is 5. The molecule has 4 rings (SSSR count). The van der Waals surface area contributed by atoms with Crippen LogP contribution in [0.1, 0.15) is 21.5 Å². The summed E-state index contributed by atoms with van der Waals surface area (Å²) in [6, 6.07) is 21.5. The number of carbonyl (C=O) groups is 2. The van der Waals surface area contributed by atoms with Gasteiger partial charge in [-0.25, -0.2) is 9.59 Å². The zero-order chi connectivity index (χ0) is 21.8. The van der Waals surface area contributed by atoms with Gasteiger partial charge in [0.2, 0.25) is 0 Å². The minimum Gasteiger partial charge on any atom is -0.465 e. The smallest absolute Gasteiger partial charge is 0.412 e. The summed E-state index contributed by atoms with van der Waals surface area (Å²) in [4.78, 5) is 25.8. The predicted octanol–water partition coefficient (Wildman–Crippen LogP) is 6.41. The minimum atomic E-state index is -0.632. The number of aryl methyl sites for hydroxylation is 1. The highest BCUT2D eigenvalue weighted by atomic mass is 32.1. The molecule has 0 aliphatic rings. The maximum absolute atomic E-state index is 12.6. The van der Waals surface area contributed by atoms with Crippen LogP contribution in [0.25, 0.3) is 21.2 Å². The normalized spacial score (nSPS) is 10.6. The average molecular weight is 432 g/mol. The van der Waals surface area contributed by atoms with Crippen LogP contribution in [0.3, 0.4) is 0 Å². The fourth-order valence-corrected chi connectivity index (χ4v) is 4.50. The third-order valence-corrected chi connectivity index (χ3v) is 6.03. The van der Waals surface area contributed by atoms with E-state index in [4.69, 9.17) is 9.47 Å². The minimum absolute atomic E-state index is 0.139. The molecule has 0 spiro atoms. The van der Waals surface area contributed by atoms with Crippen molar-refractivity contribution in [2.75, 3.05) is 12.4 Å². The largest absolute Gasteiger partial charge is 0.465 e. The van der Waals surface area contributed by atoms with E-state index in [1.54, 1.807) is 5.38 Å². The fraction of sp³-hybridized carbons (Fsp3) is 0.120. The summed E-state index contributed by atoms with van der Waals surface area (Å²) in [6.45, 7) is 2.19. The van der Waals surface area contributed by atoms with Crippen LogP contribution >= 0.6 is 11.3 Å². The van der Waals surface area contributed by atoms with Gasteiger partial charge in [-0.3, -0.25) is 5.32 Å². The van der Waals surface area contributed by atoms with E-state index in [2.05, 4.69) is 18.3 Å². The summed E-state index contributed by atoms with van der Waals surface area (Å²) in [6.07, 6.45) is -0.632. The Hall–Kier alpha value is -3.64. The molecule has 6 heteroatoms. The Bertz CT molecular complexity index is 1250. The van der Waals surface area contributed by atoms with Gasteiger partial charge in [0.25, 0.3) is 0 Å². The molecule has 0 atom stereocenters. The molecule has 0 unspecified atom stereocenters. The summed E-state index contributed by atoms with van der Waals surface area (Å²) in [7, 11) is 1.33. The lowest BCUT2D eigenvalue weighted by atomic mass is 9.97. The number of fused-ring (bicyclic) bond motifs is 1. The van der Waals surface area contributed by atoms with Gasteiger partial charge in [-0.2, -0.15) is 0 Å². The summed E-state index contributed by atoms with van der Waals surface area (Å²) >= 11 is 1.38. The number of carbonyl (C=O) groups excluding carboxylic acids is 2. The molecule has 3 aromatic carbocycles. The Morgan fingerprint density at radius 3 is 2.39 bits per heavy atom. The number of benzene rings is 3. The SMILES string of the molecule is COC(=O)c1c(NC(=O)OCc2ccccc2)csc1-c1ccc(C)c2ccccc12. The van der Waals surface area contributed by atoms with Gasteiger partial charge >= 0.3 is 12.1 Å². The van der Waals surface area contributed by atoms with Crippen molar-refractivity contribution in [2.45, 2.75) is 13.5 Å². The molecule has 0 fully saturated rings. The van der Waals surface area contributed by atoms with E-state index >= 15 is 0 Å². The van der Waals surface area contributed by atoms with E-state index in [9.17, 15) is 9.59 Å². The first-order chi connectivity index (χ1) is 15.1. The maximum Gasteiger partial charge on any atom is 0.412 e. The monoisotopic (exact) mass is 431 g/mol. The zero-order valence-electron chi connectivity index (χ0n) is 17.2. The van der Waals surface area contributed by atoms with Crippen molar-refractivity contribution in [1.82, 2.24) is 0 Å². The number of methoxy groups -OCH3 is 1. The molecule has 0 saturated carbocycles. The first kappa shape index (κ1) is 20.6. The summed E-state index contributed by atoms with van der Waals surface area (Å²) in [5, 5.41) is 6.58. The van der Waals surface area contributed by atoms with Crippen molar-refractivity contribution in [3.8, 4) is 10.4 Å². The van der Waals surface area contributed by atoms with Crippen molar-refractivity contribution < 1.29 is 19.1 Å². The number of nitrogens with one attached hydrogen (secondary N) is 1. The lowest BCUT2D eigenvalue weighted by Gasteiger charge is -2.11. The molecule has 0 aliphatic carbocycles. The number of amides is 1. The Kier molecular flexibility index (Phi) is 6.00. The van der Waals surface area contributed by atoms with Crippen LogP contribution in [0.2, 0.25) is 0 Å². The highest BCUT2D eigenvalue weighted by Gasteiger charge is 2.24. The number of rotatable bonds is 5. The molecule has 0 radical (unpaired) electrons. The van der Waals surface area contributed by atoms with Crippen LogP contribution in [-0.4, -0.2) is 19.2 Å². The van der Waals surface area contributed by atoms with Crippen molar-refractivity contribution in [3.63, 3.8) is 0 Å². The Labute approximate surface area is 184 Å². The van der Waals surface area contributed by atoms with E-state index in [-0.39, 0.29) is 6.61 Å². The van der Waals surface area contributed by atoms with Gasteiger partial charge in [0.1, 0.15) is 12.2 Å². The second kappa shape index (κ2) is 9.02. The third-order valence-electron chi connectivity index (χ3n) is 5.02. The van der Waals surface area contributed by atoms with Crippen molar-refractivity contribution in [3.05, 3.63) is 88.8 Å². The summed E-state index contributed by atoms with van der Waals surface area (Å²) < 4.78 is 10.3. The van der Waals surface area contributed by atoms with Crippen LogP contribution in [0.15, 0.2) is 72.1 Å². The number of ether oxygens (including phenoxy) is 2. The van der Waals surface area contributed by atoms with Crippen molar-refractivity contribution in [2.24, 2.45) is 0 Å². The molecule has 5 nitrogen and oxygen atoms in total. The molecule has 0 aliphatic heterocycles. The lowest BCUT2D eigenvalue weighted by Crippen LogP contribution is -2.15. The fourth-order valence-electron chi connectivity index (χ4n) is 3.47. The first-order valence-electron chi connectivity index (χ1n) is 9.74. The van der Waals surface area contributed by atoms with Crippen LogP contribution in [0, 0.1) is 6.92 Å². The molecular formula is C25H21NO4S. The standard InChI is InChI=1S/C25H21NO4S/c1-16-12-13-20(19-11-7-6-10-18(16)19)23-22(24(27)29-2)21(15-31-23)26-25(28)30-14-17-8-4-3-5-9-17/h3-13,15H,14H2,1-2H3,(H,26,28). The Morgan fingerprint density at radius 2 is 1.65 bits per heavy atom. The van der Waals surface area contributed by atoms with E-state index < -0.39 is 12.1 Å². The van der Waals surface area contributed by atoms with Gasteiger partial charge in [0, 0.05) is 10.9 Å². The first-order valence-corrected chi connectivity index (χ1v) is 10.6. The number of esters is 1. The highest BCUT2D eigenvalue weighted by Crippen LogP contribution is 2.40. The lowest BCUT2D eigenvalue weighted by molar-refractivity contribution is 0.0603. The molecular weight excluding hydrogens is 410 g/mol. The van der Waals surface area contributed by atoms with Crippen LogP contribution in [0.4, 0.5) is 10.5 Å².